The Hall–Kier alpha value is -3.35. The van der Waals surface area contributed by atoms with Crippen LogP contribution in [0.2, 0.25) is 0 Å². The number of hydrogen-bond acceptors (Lipinski definition) is 5. The minimum atomic E-state index is -0.291. The zero-order valence-electron chi connectivity index (χ0n) is 17.9. The number of fused-ring (bicyclic) bond motifs is 1. The van der Waals surface area contributed by atoms with Crippen LogP contribution in [0.4, 0.5) is 0 Å². The van der Waals surface area contributed by atoms with Crippen molar-refractivity contribution in [3.8, 4) is 11.6 Å². The molecule has 2 aromatic carbocycles. The summed E-state index contributed by atoms with van der Waals surface area (Å²) in [6.45, 7) is 3.78. The van der Waals surface area contributed by atoms with Gasteiger partial charge in [0.25, 0.3) is 5.56 Å². The van der Waals surface area contributed by atoms with Crippen LogP contribution < -0.4 is 15.0 Å². The Morgan fingerprint density at radius 3 is 2.65 bits per heavy atom. The summed E-state index contributed by atoms with van der Waals surface area (Å²) >= 11 is 0. The summed E-state index contributed by atoms with van der Waals surface area (Å²) in [7, 11) is 1.51. The lowest BCUT2D eigenvalue weighted by Gasteiger charge is -2.32. The van der Waals surface area contributed by atoms with Crippen LogP contribution in [0.25, 0.3) is 10.8 Å². The van der Waals surface area contributed by atoms with Gasteiger partial charge >= 0.3 is 0 Å². The van der Waals surface area contributed by atoms with Crippen LogP contribution in [0, 0.1) is 12.8 Å². The minimum absolute atomic E-state index is 0.106. The molecule has 1 aliphatic heterocycles. The van der Waals surface area contributed by atoms with Gasteiger partial charge in [0.1, 0.15) is 12.3 Å². The van der Waals surface area contributed by atoms with E-state index in [1.807, 2.05) is 42.2 Å². The summed E-state index contributed by atoms with van der Waals surface area (Å²) in [5.41, 5.74) is 0.808. The number of piperidine rings is 1. The third kappa shape index (κ3) is 4.55. The highest BCUT2D eigenvalue weighted by Gasteiger charge is 2.25. The number of amides is 1. The Labute approximate surface area is 181 Å². The predicted molar refractivity (Wildman–Crippen MR) is 119 cm³/mol. The standard InChI is InChI=1S/C24H27N3O4/c1-17-8-3-6-12-21(17)31-16-18-9-7-13-26(14-18)22(28)15-27-24(29)20-11-5-4-10-19(20)23(25-27)30-2/h3-6,8,10-12,18H,7,9,13-16H2,1-2H3/t18-/m1/s1. The molecule has 0 N–H and O–H groups in total. The first-order valence-electron chi connectivity index (χ1n) is 10.6. The summed E-state index contributed by atoms with van der Waals surface area (Å²) in [4.78, 5) is 27.6. The van der Waals surface area contributed by atoms with Gasteiger partial charge in [-0.1, -0.05) is 30.3 Å². The van der Waals surface area contributed by atoms with Crippen molar-refractivity contribution in [1.82, 2.24) is 14.7 Å². The fraction of sp³-hybridized carbons (Fsp3) is 0.375. The Morgan fingerprint density at radius 1 is 1.13 bits per heavy atom. The number of ether oxygens (including phenoxy) is 2. The Kier molecular flexibility index (Phi) is 6.21. The van der Waals surface area contributed by atoms with Crippen molar-refractivity contribution in [2.24, 2.45) is 5.92 Å². The Bertz CT molecular complexity index is 1140. The van der Waals surface area contributed by atoms with Gasteiger partial charge in [-0.15, -0.1) is 5.10 Å². The SMILES string of the molecule is COc1nn(CC(=O)N2CCC[C@@H](COc3ccccc3C)C2)c(=O)c2ccccc12. The summed E-state index contributed by atoms with van der Waals surface area (Å²) < 4.78 is 12.5. The molecule has 1 atom stereocenters. The maximum absolute atomic E-state index is 13.0. The fourth-order valence-corrected chi connectivity index (χ4v) is 4.04. The quantitative estimate of drug-likeness (QED) is 0.612. The average Bonchev–Trinajstić information content (AvgIpc) is 2.80. The molecule has 1 amide bonds. The highest BCUT2D eigenvalue weighted by atomic mass is 16.5. The maximum atomic E-state index is 13.0. The number of carbonyl (C=O) groups is 1. The maximum Gasteiger partial charge on any atom is 0.275 e. The number of hydrogen-bond donors (Lipinski definition) is 0. The largest absolute Gasteiger partial charge is 0.493 e. The molecular formula is C24H27N3O4. The smallest absolute Gasteiger partial charge is 0.275 e. The second-order valence-corrected chi connectivity index (χ2v) is 7.94. The van der Waals surface area contributed by atoms with Gasteiger partial charge in [0.05, 0.1) is 24.5 Å². The van der Waals surface area contributed by atoms with Gasteiger partial charge in [-0.25, -0.2) is 4.68 Å². The van der Waals surface area contributed by atoms with Gasteiger partial charge in [0.2, 0.25) is 11.8 Å². The molecule has 0 aliphatic carbocycles. The molecule has 2 heterocycles. The van der Waals surface area contributed by atoms with E-state index < -0.39 is 0 Å². The molecule has 31 heavy (non-hydrogen) atoms. The van der Waals surface area contributed by atoms with Gasteiger partial charge in [0, 0.05) is 19.0 Å². The van der Waals surface area contributed by atoms with E-state index in [0.717, 1.165) is 24.2 Å². The van der Waals surface area contributed by atoms with Gasteiger partial charge in [-0.2, -0.15) is 0 Å². The molecular weight excluding hydrogens is 394 g/mol. The molecule has 0 radical (unpaired) electrons. The van der Waals surface area contributed by atoms with Gasteiger partial charge in [-0.05, 0) is 43.5 Å². The number of carbonyl (C=O) groups excluding carboxylic acids is 1. The third-order valence-electron chi connectivity index (χ3n) is 5.75. The average molecular weight is 421 g/mol. The van der Waals surface area contributed by atoms with Crippen molar-refractivity contribution in [2.75, 3.05) is 26.8 Å². The van der Waals surface area contributed by atoms with Crippen molar-refractivity contribution >= 4 is 16.7 Å². The van der Waals surface area contributed by atoms with Crippen LogP contribution in [-0.2, 0) is 11.3 Å². The number of benzene rings is 2. The van der Waals surface area contributed by atoms with E-state index in [0.29, 0.717) is 36.3 Å². The second-order valence-electron chi connectivity index (χ2n) is 7.94. The topological polar surface area (TPSA) is 73.7 Å². The zero-order chi connectivity index (χ0) is 21.8. The molecule has 162 valence electrons. The highest BCUT2D eigenvalue weighted by molar-refractivity contribution is 5.86. The van der Waals surface area contributed by atoms with Crippen LogP contribution in [0.5, 0.6) is 11.6 Å². The Morgan fingerprint density at radius 2 is 1.87 bits per heavy atom. The Balaban J connectivity index is 1.44. The number of methoxy groups -OCH3 is 1. The van der Waals surface area contributed by atoms with Crippen molar-refractivity contribution < 1.29 is 14.3 Å². The zero-order valence-corrected chi connectivity index (χ0v) is 17.9. The molecule has 1 fully saturated rings. The van der Waals surface area contributed by atoms with Crippen LogP contribution in [0.3, 0.4) is 0 Å². The predicted octanol–water partition coefficient (Wildman–Crippen LogP) is 3.03. The lowest BCUT2D eigenvalue weighted by Crippen LogP contribution is -2.44. The van der Waals surface area contributed by atoms with Gasteiger partial charge < -0.3 is 14.4 Å². The van der Waals surface area contributed by atoms with E-state index in [1.165, 1.54) is 11.8 Å². The molecule has 7 heteroatoms. The molecule has 0 unspecified atom stereocenters. The molecule has 0 spiro atoms. The lowest BCUT2D eigenvalue weighted by molar-refractivity contribution is -0.134. The fourth-order valence-electron chi connectivity index (χ4n) is 4.04. The van der Waals surface area contributed by atoms with Crippen LogP contribution in [0.15, 0.2) is 53.3 Å². The number of likely N-dealkylation sites (tertiary alicyclic amines) is 1. The van der Waals surface area contributed by atoms with Crippen LogP contribution in [-0.4, -0.2) is 47.4 Å². The van der Waals surface area contributed by atoms with Crippen molar-refractivity contribution in [2.45, 2.75) is 26.3 Å². The molecule has 0 saturated carbocycles. The van der Waals surface area contributed by atoms with Crippen molar-refractivity contribution in [3.63, 3.8) is 0 Å². The number of nitrogens with zero attached hydrogens (tertiary/aromatic N) is 3. The molecule has 1 saturated heterocycles. The number of rotatable bonds is 6. The van der Waals surface area contributed by atoms with E-state index in [2.05, 4.69) is 5.10 Å². The van der Waals surface area contributed by atoms with Crippen LogP contribution >= 0.6 is 0 Å². The van der Waals surface area contributed by atoms with E-state index in [9.17, 15) is 9.59 Å². The molecule has 0 bridgehead atoms. The first-order valence-corrected chi connectivity index (χ1v) is 10.6. The van der Waals surface area contributed by atoms with E-state index in [4.69, 9.17) is 9.47 Å². The van der Waals surface area contributed by atoms with Crippen molar-refractivity contribution in [1.29, 1.82) is 0 Å². The number of para-hydroxylation sites is 1. The van der Waals surface area contributed by atoms with E-state index in [-0.39, 0.29) is 23.9 Å². The van der Waals surface area contributed by atoms with Crippen molar-refractivity contribution in [3.05, 3.63) is 64.4 Å². The molecule has 4 rings (SSSR count). The molecule has 7 nitrogen and oxygen atoms in total. The number of aryl methyl sites for hydroxylation is 1. The van der Waals surface area contributed by atoms with Gasteiger partial charge in [0.15, 0.2) is 0 Å². The molecule has 3 aromatic rings. The first kappa shape index (κ1) is 20.9. The van der Waals surface area contributed by atoms with E-state index in [1.54, 1.807) is 18.2 Å². The second kappa shape index (κ2) is 9.20. The molecule has 1 aromatic heterocycles. The van der Waals surface area contributed by atoms with Gasteiger partial charge in [-0.3, -0.25) is 9.59 Å². The summed E-state index contributed by atoms with van der Waals surface area (Å²) in [5.74, 6) is 1.36. The first-order chi connectivity index (χ1) is 15.1. The number of aromatic nitrogens is 2. The minimum Gasteiger partial charge on any atom is -0.493 e. The van der Waals surface area contributed by atoms with Crippen LogP contribution in [0.1, 0.15) is 18.4 Å². The molecule has 1 aliphatic rings. The summed E-state index contributed by atoms with van der Waals surface area (Å²) in [5, 5.41) is 5.40. The highest BCUT2D eigenvalue weighted by Crippen LogP contribution is 2.22. The van der Waals surface area contributed by atoms with E-state index >= 15 is 0 Å². The third-order valence-corrected chi connectivity index (χ3v) is 5.75. The normalized spacial score (nSPS) is 16.3. The summed E-state index contributed by atoms with van der Waals surface area (Å²) in [6.07, 6.45) is 1.93. The summed E-state index contributed by atoms with van der Waals surface area (Å²) in [6, 6.07) is 15.1. The lowest BCUT2D eigenvalue weighted by atomic mass is 9.99. The monoisotopic (exact) mass is 421 g/mol.